The molecule has 3 nitrogen and oxygen atoms in total. The summed E-state index contributed by atoms with van der Waals surface area (Å²) in [4.78, 5) is 15.4. The molecule has 0 unspecified atom stereocenters. The van der Waals surface area contributed by atoms with Gasteiger partial charge in [-0.15, -0.1) is 11.3 Å². The van der Waals surface area contributed by atoms with E-state index in [0.717, 1.165) is 27.8 Å². The number of hydrogen-bond donors (Lipinski definition) is 0. The molecule has 0 aliphatic heterocycles. The van der Waals surface area contributed by atoms with Crippen molar-refractivity contribution in [2.45, 2.75) is 0 Å². The Balaban J connectivity index is 1.09. The average molecular weight is 694 g/mol. The molecule has 2 aromatic heterocycles. The molecule has 2 heterocycles. The second-order valence-corrected chi connectivity index (χ2v) is 14.3. The zero-order chi connectivity index (χ0) is 35.1. The van der Waals surface area contributed by atoms with E-state index in [9.17, 15) is 0 Å². The number of aromatic nitrogens is 3. The number of nitrogens with zero attached hydrogens (tertiary/aromatic N) is 3. The summed E-state index contributed by atoms with van der Waals surface area (Å²) < 4.78 is 2.43. The van der Waals surface area contributed by atoms with Crippen LogP contribution in [0.1, 0.15) is 0 Å². The van der Waals surface area contributed by atoms with Gasteiger partial charge in [0.2, 0.25) is 0 Å². The fraction of sp³-hybridized carbons (Fsp3) is 0. The maximum atomic E-state index is 5.17. The summed E-state index contributed by atoms with van der Waals surface area (Å²) in [6.45, 7) is 0. The highest BCUT2D eigenvalue weighted by molar-refractivity contribution is 7.26. The van der Waals surface area contributed by atoms with Crippen molar-refractivity contribution in [1.82, 2.24) is 15.0 Å². The fourth-order valence-corrected chi connectivity index (χ4v) is 8.48. The predicted octanol–water partition coefficient (Wildman–Crippen LogP) is 13.4. The Morgan fingerprint density at radius 1 is 0.302 bits per heavy atom. The van der Waals surface area contributed by atoms with E-state index >= 15 is 0 Å². The zero-order valence-electron chi connectivity index (χ0n) is 28.6. The summed E-state index contributed by atoms with van der Waals surface area (Å²) in [6, 6.07) is 66.4. The van der Waals surface area contributed by atoms with Crippen molar-refractivity contribution >= 4 is 42.3 Å². The molecular weight excluding hydrogens is 663 g/mol. The molecule has 0 saturated carbocycles. The zero-order valence-corrected chi connectivity index (χ0v) is 29.5. The quantitative estimate of drug-likeness (QED) is 0.174. The minimum absolute atomic E-state index is 0.644. The van der Waals surface area contributed by atoms with Gasteiger partial charge in [0.25, 0.3) is 0 Å². The molecule has 0 bridgehead atoms. The molecule has 0 fully saturated rings. The minimum Gasteiger partial charge on any atom is -0.208 e. The Morgan fingerprint density at radius 3 is 1.51 bits per heavy atom. The monoisotopic (exact) mass is 693 g/mol. The summed E-state index contributed by atoms with van der Waals surface area (Å²) in [7, 11) is 0. The molecule has 0 N–H and O–H groups in total. The fourth-order valence-electron chi connectivity index (χ4n) is 7.27. The first-order valence-corrected chi connectivity index (χ1v) is 18.6. The van der Waals surface area contributed by atoms with Gasteiger partial charge >= 0.3 is 0 Å². The highest BCUT2D eigenvalue weighted by Gasteiger charge is 2.17. The van der Waals surface area contributed by atoms with E-state index in [4.69, 9.17) is 15.0 Å². The van der Waals surface area contributed by atoms with Gasteiger partial charge in [-0.25, -0.2) is 15.0 Å². The van der Waals surface area contributed by atoms with Crippen molar-refractivity contribution in [2.75, 3.05) is 0 Å². The molecule has 53 heavy (non-hydrogen) atoms. The average Bonchev–Trinajstić information content (AvgIpc) is 3.63. The third-order valence-electron chi connectivity index (χ3n) is 9.95. The first kappa shape index (κ1) is 31.0. The van der Waals surface area contributed by atoms with Gasteiger partial charge in [0.05, 0.1) is 0 Å². The van der Waals surface area contributed by atoms with Crippen LogP contribution in [-0.2, 0) is 0 Å². The number of hydrogen-bond acceptors (Lipinski definition) is 4. The number of rotatable bonds is 6. The van der Waals surface area contributed by atoms with Gasteiger partial charge in [-0.2, -0.15) is 0 Å². The van der Waals surface area contributed by atoms with Gasteiger partial charge in [0.1, 0.15) is 0 Å². The van der Waals surface area contributed by atoms with Crippen LogP contribution in [0.2, 0.25) is 0 Å². The van der Waals surface area contributed by atoms with Crippen LogP contribution in [0.15, 0.2) is 188 Å². The topological polar surface area (TPSA) is 38.7 Å². The second-order valence-electron chi connectivity index (χ2n) is 13.2. The minimum atomic E-state index is 0.644. The van der Waals surface area contributed by atoms with Crippen molar-refractivity contribution in [3.8, 4) is 67.5 Å². The molecule has 10 aromatic rings. The highest BCUT2D eigenvalue weighted by Crippen LogP contribution is 2.40. The first-order valence-electron chi connectivity index (χ1n) is 17.8. The largest absolute Gasteiger partial charge is 0.208 e. The summed E-state index contributed by atoms with van der Waals surface area (Å²) >= 11 is 1.79. The third kappa shape index (κ3) is 5.76. The number of benzene rings is 8. The molecular formula is C49H31N3S. The third-order valence-corrected chi connectivity index (χ3v) is 11.2. The van der Waals surface area contributed by atoms with E-state index in [0.29, 0.717) is 17.5 Å². The Bertz CT molecular complexity index is 2910. The lowest BCUT2D eigenvalue weighted by molar-refractivity contribution is 1.08. The SMILES string of the molecule is c1ccc(-c2ccc(-c3nc(-c4ccc(-c5cc(-c6ccccc6)c6ccccc6c5)cc4)nc(-c4cccc5c4sc4ccccc45)n3)cc2)cc1. The molecule has 0 spiro atoms. The van der Waals surface area contributed by atoms with Crippen molar-refractivity contribution in [1.29, 1.82) is 0 Å². The van der Waals surface area contributed by atoms with Crippen molar-refractivity contribution in [3.05, 3.63) is 188 Å². The molecule has 0 radical (unpaired) electrons. The Kier molecular flexibility index (Phi) is 7.67. The maximum absolute atomic E-state index is 5.17. The van der Waals surface area contributed by atoms with Crippen LogP contribution in [-0.4, -0.2) is 15.0 Å². The standard InChI is InChI=1S/C49H31N3S/c1-3-12-32(13-4-1)33-22-26-36(27-23-33)47-50-48(52-49(51-47)43-20-11-19-42-41-18-9-10-21-45(41)53-46(42)43)37-28-24-34(25-29-37)39-30-38-16-7-8-17-40(38)44(31-39)35-14-5-2-6-15-35/h1-31H. The van der Waals surface area contributed by atoms with Crippen LogP contribution in [0.3, 0.4) is 0 Å². The van der Waals surface area contributed by atoms with Gasteiger partial charge in [-0.05, 0) is 68.4 Å². The molecule has 4 heteroatoms. The van der Waals surface area contributed by atoms with E-state index in [2.05, 4.69) is 182 Å². The van der Waals surface area contributed by atoms with E-state index < -0.39 is 0 Å². The molecule has 248 valence electrons. The van der Waals surface area contributed by atoms with E-state index in [1.165, 1.54) is 53.2 Å². The Hall–Kier alpha value is -6.75. The maximum Gasteiger partial charge on any atom is 0.165 e. The highest BCUT2D eigenvalue weighted by atomic mass is 32.1. The molecule has 0 saturated heterocycles. The van der Waals surface area contributed by atoms with Gasteiger partial charge in [-0.3, -0.25) is 0 Å². The Morgan fingerprint density at radius 2 is 0.811 bits per heavy atom. The second kappa shape index (κ2) is 13.1. The van der Waals surface area contributed by atoms with E-state index in [-0.39, 0.29) is 0 Å². The van der Waals surface area contributed by atoms with Gasteiger partial charge < -0.3 is 0 Å². The van der Waals surface area contributed by atoms with Crippen LogP contribution < -0.4 is 0 Å². The lowest BCUT2D eigenvalue weighted by Gasteiger charge is -2.12. The van der Waals surface area contributed by atoms with Crippen LogP contribution >= 0.6 is 11.3 Å². The van der Waals surface area contributed by atoms with Crippen LogP contribution in [0.25, 0.3) is 98.5 Å². The number of fused-ring (bicyclic) bond motifs is 4. The Labute approximate surface area is 311 Å². The van der Waals surface area contributed by atoms with Crippen LogP contribution in [0.5, 0.6) is 0 Å². The molecule has 0 aliphatic rings. The van der Waals surface area contributed by atoms with Gasteiger partial charge in [-0.1, -0.05) is 164 Å². The van der Waals surface area contributed by atoms with Gasteiger partial charge in [0, 0.05) is 36.9 Å². The summed E-state index contributed by atoms with van der Waals surface area (Å²) in [5.41, 5.74) is 9.95. The van der Waals surface area contributed by atoms with Gasteiger partial charge in [0.15, 0.2) is 17.5 Å². The van der Waals surface area contributed by atoms with E-state index in [1.54, 1.807) is 11.3 Å². The van der Waals surface area contributed by atoms with E-state index in [1.807, 2.05) is 6.07 Å². The first-order chi connectivity index (χ1) is 26.2. The molecule has 8 aromatic carbocycles. The molecule has 0 amide bonds. The molecule has 0 aliphatic carbocycles. The number of thiophene rings is 1. The summed E-state index contributed by atoms with van der Waals surface area (Å²) in [5, 5.41) is 4.93. The summed E-state index contributed by atoms with van der Waals surface area (Å²) in [6.07, 6.45) is 0. The van der Waals surface area contributed by atoms with Crippen molar-refractivity contribution in [2.24, 2.45) is 0 Å². The normalized spacial score (nSPS) is 11.4. The molecule has 0 atom stereocenters. The lowest BCUT2D eigenvalue weighted by Crippen LogP contribution is -2.00. The molecule has 10 rings (SSSR count). The summed E-state index contributed by atoms with van der Waals surface area (Å²) in [5.74, 6) is 1.96. The van der Waals surface area contributed by atoms with Crippen LogP contribution in [0.4, 0.5) is 0 Å². The van der Waals surface area contributed by atoms with Crippen molar-refractivity contribution < 1.29 is 0 Å². The van der Waals surface area contributed by atoms with Crippen LogP contribution in [0, 0.1) is 0 Å². The van der Waals surface area contributed by atoms with Crippen molar-refractivity contribution in [3.63, 3.8) is 0 Å². The predicted molar refractivity (Wildman–Crippen MR) is 223 cm³/mol. The smallest absolute Gasteiger partial charge is 0.165 e. The lowest BCUT2D eigenvalue weighted by atomic mass is 9.93.